The van der Waals surface area contributed by atoms with Crippen LogP contribution in [0.25, 0.3) is 0 Å². The van der Waals surface area contributed by atoms with Crippen molar-refractivity contribution >= 4 is 5.91 Å². The Bertz CT molecular complexity index is 863. The number of carbonyl (C=O) groups is 1. The molecular formula is C25H31NO2. The standard InChI is InChI=1S/C25H31NO2/c1-18(2)28-23-9-8-21(16-19(23)3)24(27)26-14-12-25(13-15-26)11-10-20-6-4-5-7-22(20)17-25/h4-9,16,18H,10-15,17H2,1-3H3. The van der Waals surface area contributed by atoms with Crippen LogP contribution in [0.3, 0.4) is 0 Å². The molecule has 1 heterocycles. The van der Waals surface area contributed by atoms with E-state index >= 15 is 0 Å². The van der Waals surface area contributed by atoms with Crippen molar-refractivity contribution in [3.05, 3.63) is 64.7 Å². The predicted octanol–water partition coefficient (Wildman–Crippen LogP) is 5.19. The van der Waals surface area contributed by atoms with Gasteiger partial charge in [-0.1, -0.05) is 24.3 Å². The van der Waals surface area contributed by atoms with Crippen molar-refractivity contribution < 1.29 is 9.53 Å². The average Bonchev–Trinajstić information content (AvgIpc) is 2.69. The number of fused-ring (bicyclic) bond motifs is 1. The van der Waals surface area contributed by atoms with Gasteiger partial charge in [0, 0.05) is 18.7 Å². The van der Waals surface area contributed by atoms with E-state index in [-0.39, 0.29) is 12.0 Å². The normalized spacial score (nSPS) is 18.2. The van der Waals surface area contributed by atoms with Gasteiger partial charge in [-0.2, -0.15) is 0 Å². The monoisotopic (exact) mass is 377 g/mol. The molecule has 1 fully saturated rings. The number of likely N-dealkylation sites (tertiary alicyclic amines) is 1. The quantitative estimate of drug-likeness (QED) is 0.736. The van der Waals surface area contributed by atoms with E-state index in [9.17, 15) is 4.79 Å². The van der Waals surface area contributed by atoms with Crippen LogP contribution in [0.4, 0.5) is 0 Å². The third-order valence-electron chi connectivity index (χ3n) is 6.50. The zero-order chi connectivity index (χ0) is 19.7. The van der Waals surface area contributed by atoms with Crippen LogP contribution in [-0.2, 0) is 12.8 Å². The van der Waals surface area contributed by atoms with Gasteiger partial charge in [-0.3, -0.25) is 4.79 Å². The summed E-state index contributed by atoms with van der Waals surface area (Å²) >= 11 is 0. The second-order valence-electron chi connectivity index (χ2n) is 8.88. The van der Waals surface area contributed by atoms with Crippen molar-refractivity contribution in [1.29, 1.82) is 0 Å². The number of aryl methyl sites for hydroxylation is 2. The van der Waals surface area contributed by atoms with E-state index in [1.807, 2.05) is 43.9 Å². The lowest BCUT2D eigenvalue weighted by atomic mass is 9.66. The van der Waals surface area contributed by atoms with Crippen LogP contribution >= 0.6 is 0 Å². The number of hydrogen-bond donors (Lipinski definition) is 0. The van der Waals surface area contributed by atoms with Gasteiger partial charge in [0.1, 0.15) is 5.75 Å². The number of ether oxygens (including phenoxy) is 1. The maximum atomic E-state index is 13.0. The summed E-state index contributed by atoms with van der Waals surface area (Å²) in [6.45, 7) is 7.78. The molecule has 3 nitrogen and oxygen atoms in total. The summed E-state index contributed by atoms with van der Waals surface area (Å²) in [5, 5.41) is 0. The highest BCUT2D eigenvalue weighted by Gasteiger charge is 2.38. The van der Waals surface area contributed by atoms with Gasteiger partial charge in [0.2, 0.25) is 0 Å². The number of rotatable bonds is 3. The fraction of sp³-hybridized carbons (Fsp3) is 0.480. The Morgan fingerprint density at radius 3 is 2.43 bits per heavy atom. The van der Waals surface area contributed by atoms with Crippen LogP contribution in [0.5, 0.6) is 5.75 Å². The molecule has 2 aromatic rings. The van der Waals surface area contributed by atoms with Crippen molar-refractivity contribution in [1.82, 2.24) is 4.90 Å². The van der Waals surface area contributed by atoms with Gasteiger partial charge in [0.05, 0.1) is 6.10 Å². The summed E-state index contributed by atoms with van der Waals surface area (Å²) < 4.78 is 5.80. The summed E-state index contributed by atoms with van der Waals surface area (Å²) in [6.07, 6.45) is 5.97. The van der Waals surface area contributed by atoms with Crippen molar-refractivity contribution in [3.8, 4) is 5.75 Å². The highest BCUT2D eigenvalue weighted by atomic mass is 16.5. The molecule has 2 aliphatic rings. The molecule has 0 N–H and O–H groups in total. The van der Waals surface area contributed by atoms with E-state index in [1.54, 1.807) is 0 Å². The SMILES string of the molecule is Cc1cc(C(=O)N2CCC3(CCc4ccccc4C3)CC2)ccc1OC(C)C. The van der Waals surface area contributed by atoms with E-state index in [1.165, 1.54) is 30.4 Å². The molecule has 0 radical (unpaired) electrons. The molecule has 1 saturated heterocycles. The summed E-state index contributed by atoms with van der Waals surface area (Å²) in [7, 11) is 0. The first-order valence-corrected chi connectivity index (χ1v) is 10.6. The average molecular weight is 378 g/mol. The third-order valence-corrected chi connectivity index (χ3v) is 6.50. The van der Waals surface area contributed by atoms with E-state index in [0.29, 0.717) is 5.41 Å². The third kappa shape index (κ3) is 3.80. The molecule has 1 aliphatic heterocycles. The first-order chi connectivity index (χ1) is 13.5. The van der Waals surface area contributed by atoms with Gasteiger partial charge in [-0.05, 0) is 93.2 Å². The molecule has 148 valence electrons. The van der Waals surface area contributed by atoms with Gasteiger partial charge in [0.25, 0.3) is 5.91 Å². The maximum Gasteiger partial charge on any atom is 0.253 e. The number of amides is 1. The number of benzene rings is 2. The molecular weight excluding hydrogens is 346 g/mol. The molecule has 0 saturated carbocycles. The van der Waals surface area contributed by atoms with Gasteiger partial charge in [0.15, 0.2) is 0 Å². The summed E-state index contributed by atoms with van der Waals surface area (Å²) in [6, 6.07) is 14.7. The lowest BCUT2D eigenvalue weighted by Crippen LogP contribution is -2.45. The van der Waals surface area contributed by atoms with E-state index in [0.717, 1.165) is 42.8 Å². The van der Waals surface area contributed by atoms with Crippen LogP contribution in [0.1, 0.15) is 60.2 Å². The summed E-state index contributed by atoms with van der Waals surface area (Å²) in [4.78, 5) is 15.1. The van der Waals surface area contributed by atoms with Crippen LogP contribution < -0.4 is 4.74 Å². The highest BCUT2D eigenvalue weighted by molar-refractivity contribution is 5.94. The van der Waals surface area contributed by atoms with Gasteiger partial charge in [-0.25, -0.2) is 0 Å². The second kappa shape index (κ2) is 7.62. The van der Waals surface area contributed by atoms with Crippen molar-refractivity contribution in [2.75, 3.05) is 13.1 Å². The molecule has 1 spiro atoms. The lowest BCUT2D eigenvalue weighted by molar-refractivity contribution is 0.0544. The number of carbonyl (C=O) groups excluding carboxylic acids is 1. The Labute approximate surface area is 168 Å². The first kappa shape index (κ1) is 19.0. The number of nitrogens with zero attached hydrogens (tertiary/aromatic N) is 1. The Morgan fingerprint density at radius 1 is 1.04 bits per heavy atom. The Hall–Kier alpha value is -2.29. The highest BCUT2D eigenvalue weighted by Crippen LogP contribution is 2.43. The van der Waals surface area contributed by atoms with Crippen LogP contribution in [0.2, 0.25) is 0 Å². The largest absolute Gasteiger partial charge is 0.491 e. The molecule has 1 amide bonds. The minimum absolute atomic E-state index is 0.138. The van der Waals surface area contributed by atoms with Crippen LogP contribution in [0, 0.1) is 12.3 Å². The number of hydrogen-bond acceptors (Lipinski definition) is 2. The first-order valence-electron chi connectivity index (χ1n) is 10.6. The second-order valence-corrected chi connectivity index (χ2v) is 8.88. The smallest absolute Gasteiger partial charge is 0.253 e. The number of piperidine rings is 1. The van der Waals surface area contributed by atoms with Crippen molar-refractivity contribution in [3.63, 3.8) is 0 Å². The van der Waals surface area contributed by atoms with E-state index in [4.69, 9.17) is 4.74 Å². The summed E-state index contributed by atoms with van der Waals surface area (Å²) in [5.41, 5.74) is 5.22. The topological polar surface area (TPSA) is 29.5 Å². The van der Waals surface area contributed by atoms with Crippen molar-refractivity contribution in [2.45, 2.75) is 59.0 Å². The van der Waals surface area contributed by atoms with Gasteiger partial charge < -0.3 is 9.64 Å². The fourth-order valence-electron chi connectivity index (χ4n) is 4.83. The molecule has 2 aromatic carbocycles. The summed E-state index contributed by atoms with van der Waals surface area (Å²) in [5.74, 6) is 1.02. The molecule has 28 heavy (non-hydrogen) atoms. The van der Waals surface area contributed by atoms with Crippen LogP contribution in [0.15, 0.2) is 42.5 Å². The minimum Gasteiger partial charge on any atom is -0.491 e. The molecule has 0 unspecified atom stereocenters. The molecule has 3 heteroatoms. The Kier molecular flexibility index (Phi) is 5.18. The molecule has 0 bridgehead atoms. The van der Waals surface area contributed by atoms with Crippen molar-refractivity contribution in [2.24, 2.45) is 5.41 Å². The van der Waals surface area contributed by atoms with E-state index < -0.39 is 0 Å². The predicted molar refractivity (Wildman–Crippen MR) is 113 cm³/mol. The van der Waals surface area contributed by atoms with E-state index in [2.05, 4.69) is 24.3 Å². The Balaban J connectivity index is 1.41. The Morgan fingerprint density at radius 2 is 1.75 bits per heavy atom. The zero-order valence-electron chi connectivity index (χ0n) is 17.3. The maximum absolute atomic E-state index is 13.0. The molecule has 4 rings (SSSR count). The molecule has 1 aliphatic carbocycles. The molecule has 0 aromatic heterocycles. The zero-order valence-corrected chi connectivity index (χ0v) is 17.3. The van der Waals surface area contributed by atoms with Crippen LogP contribution in [-0.4, -0.2) is 30.0 Å². The minimum atomic E-state index is 0.138. The lowest BCUT2D eigenvalue weighted by Gasteiger charge is -2.44. The van der Waals surface area contributed by atoms with Gasteiger partial charge in [-0.15, -0.1) is 0 Å². The fourth-order valence-corrected chi connectivity index (χ4v) is 4.83. The molecule has 0 atom stereocenters. The van der Waals surface area contributed by atoms with Gasteiger partial charge >= 0.3 is 0 Å².